The van der Waals surface area contributed by atoms with Gasteiger partial charge in [-0.15, -0.1) is 0 Å². The van der Waals surface area contributed by atoms with Crippen molar-refractivity contribution in [3.05, 3.63) is 70.2 Å². The minimum Gasteiger partial charge on any atom is -0.408 e. The standard InChI is InChI=1S/C16H15NO2/c1-11-8-9-14-15(10-11)19-16(18)17(14)12(2)13-6-4-3-5-7-13/h3-10,12H,1-2H3. The highest BCUT2D eigenvalue weighted by Gasteiger charge is 2.16. The van der Waals surface area contributed by atoms with Gasteiger partial charge in [-0.3, -0.25) is 4.57 Å². The zero-order valence-electron chi connectivity index (χ0n) is 11.0. The quantitative estimate of drug-likeness (QED) is 0.700. The second-order valence-electron chi connectivity index (χ2n) is 4.80. The summed E-state index contributed by atoms with van der Waals surface area (Å²) in [5.74, 6) is -0.308. The van der Waals surface area contributed by atoms with E-state index < -0.39 is 0 Å². The van der Waals surface area contributed by atoms with E-state index >= 15 is 0 Å². The molecule has 1 heterocycles. The van der Waals surface area contributed by atoms with Crippen LogP contribution in [-0.2, 0) is 0 Å². The molecule has 0 amide bonds. The van der Waals surface area contributed by atoms with Crippen LogP contribution >= 0.6 is 0 Å². The Morgan fingerprint density at radius 1 is 1.11 bits per heavy atom. The van der Waals surface area contributed by atoms with Crippen molar-refractivity contribution in [3.63, 3.8) is 0 Å². The van der Waals surface area contributed by atoms with Crippen LogP contribution in [0, 0.1) is 6.92 Å². The minimum absolute atomic E-state index is 0.0438. The third-order valence-corrected chi connectivity index (χ3v) is 3.44. The van der Waals surface area contributed by atoms with Gasteiger partial charge in [0, 0.05) is 0 Å². The Morgan fingerprint density at radius 2 is 1.84 bits per heavy atom. The number of aromatic nitrogens is 1. The van der Waals surface area contributed by atoms with E-state index in [2.05, 4.69) is 0 Å². The number of benzene rings is 2. The largest absolute Gasteiger partial charge is 0.420 e. The van der Waals surface area contributed by atoms with Crippen molar-refractivity contribution < 1.29 is 4.42 Å². The smallest absolute Gasteiger partial charge is 0.408 e. The van der Waals surface area contributed by atoms with Crippen LogP contribution in [0.25, 0.3) is 11.1 Å². The van der Waals surface area contributed by atoms with E-state index in [9.17, 15) is 4.79 Å². The molecule has 3 heteroatoms. The van der Waals surface area contributed by atoms with Gasteiger partial charge in [-0.05, 0) is 37.1 Å². The molecule has 19 heavy (non-hydrogen) atoms. The fourth-order valence-corrected chi connectivity index (χ4v) is 2.39. The number of aryl methyl sites for hydroxylation is 1. The lowest BCUT2D eigenvalue weighted by Gasteiger charge is -2.12. The fourth-order valence-electron chi connectivity index (χ4n) is 2.39. The Hall–Kier alpha value is -2.29. The molecule has 0 aliphatic rings. The van der Waals surface area contributed by atoms with Crippen LogP contribution in [0.1, 0.15) is 24.1 Å². The van der Waals surface area contributed by atoms with Crippen molar-refractivity contribution in [2.75, 3.05) is 0 Å². The van der Waals surface area contributed by atoms with E-state index in [-0.39, 0.29) is 11.8 Å². The van der Waals surface area contributed by atoms with Gasteiger partial charge in [-0.1, -0.05) is 36.4 Å². The van der Waals surface area contributed by atoms with Crippen LogP contribution in [0.4, 0.5) is 0 Å². The topological polar surface area (TPSA) is 35.1 Å². The van der Waals surface area contributed by atoms with Crippen molar-refractivity contribution in [3.8, 4) is 0 Å². The van der Waals surface area contributed by atoms with Crippen molar-refractivity contribution in [2.24, 2.45) is 0 Å². The van der Waals surface area contributed by atoms with Gasteiger partial charge < -0.3 is 4.42 Å². The van der Waals surface area contributed by atoms with Crippen molar-refractivity contribution in [1.29, 1.82) is 0 Å². The molecular formula is C16H15NO2. The number of hydrogen-bond acceptors (Lipinski definition) is 2. The first-order valence-electron chi connectivity index (χ1n) is 6.33. The van der Waals surface area contributed by atoms with Crippen LogP contribution < -0.4 is 5.76 Å². The third kappa shape index (κ3) is 1.97. The lowest BCUT2D eigenvalue weighted by Crippen LogP contribution is -2.19. The first-order valence-corrected chi connectivity index (χ1v) is 6.33. The van der Waals surface area contributed by atoms with Crippen molar-refractivity contribution in [1.82, 2.24) is 4.57 Å². The Labute approximate surface area is 111 Å². The average molecular weight is 253 g/mol. The van der Waals surface area contributed by atoms with Gasteiger partial charge in [-0.25, -0.2) is 4.79 Å². The summed E-state index contributed by atoms with van der Waals surface area (Å²) < 4.78 is 7.03. The zero-order chi connectivity index (χ0) is 13.4. The molecule has 96 valence electrons. The summed E-state index contributed by atoms with van der Waals surface area (Å²) in [7, 11) is 0. The SMILES string of the molecule is Cc1ccc2c(c1)oc(=O)n2C(C)c1ccccc1. The van der Waals surface area contributed by atoms with Crippen molar-refractivity contribution in [2.45, 2.75) is 19.9 Å². The summed E-state index contributed by atoms with van der Waals surface area (Å²) in [4.78, 5) is 12.1. The van der Waals surface area contributed by atoms with Gasteiger partial charge in [0.1, 0.15) is 0 Å². The molecule has 3 rings (SSSR count). The normalized spacial score (nSPS) is 12.7. The molecule has 0 aliphatic carbocycles. The minimum atomic E-state index is -0.308. The fraction of sp³-hybridized carbons (Fsp3) is 0.188. The maximum absolute atomic E-state index is 12.1. The van der Waals surface area contributed by atoms with Gasteiger partial charge in [0.05, 0.1) is 11.6 Å². The molecular weight excluding hydrogens is 238 g/mol. The van der Waals surface area contributed by atoms with E-state index in [1.807, 2.05) is 62.4 Å². The summed E-state index contributed by atoms with van der Waals surface area (Å²) in [5.41, 5.74) is 3.66. The van der Waals surface area contributed by atoms with Crippen LogP contribution in [-0.4, -0.2) is 4.57 Å². The summed E-state index contributed by atoms with van der Waals surface area (Å²) in [6, 6.07) is 15.7. The number of rotatable bonds is 2. The lowest BCUT2D eigenvalue weighted by molar-refractivity contribution is 0.490. The molecule has 0 spiro atoms. The highest BCUT2D eigenvalue weighted by Crippen LogP contribution is 2.22. The highest BCUT2D eigenvalue weighted by atomic mass is 16.4. The summed E-state index contributed by atoms with van der Waals surface area (Å²) in [6.45, 7) is 3.99. The van der Waals surface area contributed by atoms with E-state index in [1.54, 1.807) is 4.57 Å². The highest BCUT2D eigenvalue weighted by molar-refractivity contribution is 5.74. The van der Waals surface area contributed by atoms with Gasteiger partial charge >= 0.3 is 5.76 Å². The number of oxazole rings is 1. The summed E-state index contributed by atoms with van der Waals surface area (Å²) in [6.07, 6.45) is 0. The monoisotopic (exact) mass is 253 g/mol. The van der Waals surface area contributed by atoms with Gasteiger partial charge in [-0.2, -0.15) is 0 Å². The van der Waals surface area contributed by atoms with Crippen molar-refractivity contribution >= 4 is 11.1 Å². The molecule has 2 aromatic carbocycles. The van der Waals surface area contributed by atoms with Crippen LogP contribution in [0.15, 0.2) is 57.7 Å². The Kier molecular flexibility index (Phi) is 2.75. The van der Waals surface area contributed by atoms with Gasteiger partial charge in [0.2, 0.25) is 0 Å². The maximum Gasteiger partial charge on any atom is 0.420 e. The van der Waals surface area contributed by atoms with Gasteiger partial charge in [0.15, 0.2) is 5.58 Å². The molecule has 1 unspecified atom stereocenters. The molecule has 0 aliphatic heterocycles. The lowest BCUT2D eigenvalue weighted by atomic mass is 10.1. The molecule has 0 saturated heterocycles. The van der Waals surface area contributed by atoms with Crippen LogP contribution in [0.3, 0.4) is 0 Å². The first kappa shape index (κ1) is 11.8. The van der Waals surface area contributed by atoms with Gasteiger partial charge in [0.25, 0.3) is 0 Å². The number of fused-ring (bicyclic) bond motifs is 1. The third-order valence-electron chi connectivity index (χ3n) is 3.44. The summed E-state index contributed by atoms with van der Waals surface area (Å²) >= 11 is 0. The molecule has 0 N–H and O–H groups in total. The van der Waals surface area contributed by atoms with E-state index in [0.29, 0.717) is 5.58 Å². The second-order valence-corrected chi connectivity index (χ2v) is 4.80. The Morgan fingerprint density at radius 3 is 2.58 bits per heavy atom. The predicted molar refractivity (Wildman–Crippen MR) is 75.5 cm³/mol. The summed E-state index contributed by atoms with van der Waals surface area (Å²) in [5, 5.41) is 0. The zero-order valence-corrected chi connectivity index (χ0v) is 11.0. The molecule has 0 saturated carbocycles. The first-order chi connectivity index (χ1) is 9.16. The molecule has 1 aromatic heterocycles. The molecule has 1 atom stereocenters. The molecule has 3 nitrogen and oxygen atoms in total. The van der Waals surface area contributed by atoms with Crippen LogP contribution in [0.2, 0.25) is 0 Å². The number of nitrogens with zero attached hydrogens (tertiary/aromatic N) is 1. The van der Waals surface area contributed by atoms with Crippen LogP contribution in [0.5, 0.6) is 0 Å². The predicted octanol–water partition coefficient (Wildman–Crippen LogP) is 3.51. The molecule has 0 bridgehead atoms. The molecule has 0 fully saturated rings. The van der Waals surface area contributed by atoms with E-state index in [1.165, 1.54) is 0 Å². The Bertz CT molecular complexity index is 768. The van der Waals surface area contributed by atoms with E-state index in [4.69, 9.17) is 4.42 Å². The Balaban J connectivity index is 2.20. The molecule has 0 radical (unpaired) electrons. The number of hydrogen-bond donors (Lipinski definition) is 0. The van der Waals surface area contributed by atoms with E-state index in [0.717, 1.165) is 16.6 Å². The maximum atomic E-state index is 12.1. The molecule has 3 aromatic rings. The average Bonchev–Trinajstić information content (AvgIpc) is 2.74. The second kappa shape index (κ2) is 4.43.